The molecule has 0 radical (unpaired) electrons. The fourth-order valence-corrected chi connectivity index (χ4v) is 3.21. The van der Waals surface area contributed by atoms with Gasteiger partial charge in [-0.1, -0.05) is 19.1 Å². The average Bonchev–Trinajstić information content (AvgIpc) is 2.39. The molecule has 1 rings (SSSR count). The summed E-state index contributed by atoms with van der Waals surface area (Å²) in [7, 11) is -3.23. The van der Waals surface area contributed by atoms with Crippen LogP contribution in [0.3, 0.4) is 0 Å². The molecule has 0 fully saturated rings. The van der Waals surface area contributed by atoms with E-state index in [2.05, 4.69) is 5.32 Å². The van der Waals surface area contributed by atoms with Gasteiger partial charge in [0.05, 0.1) is 36.2 Å². The van der Waals surface area contributed by atoms with E-state index in [-0.39, 0.29) is 19.0 Å². The molecule has 0 aliphatic rings. The van der Waals surface area contributed by atoms with Crippen LogP contribution in [0.2, 0.25) is 0 Å². The first-order valence-corrected chi connectivity index (χ1v) is 8.01. The van der Waals surface area contributed by atoms with Crippen molar-refractivity contribution in [2.75, 3.05) is 37.4 Å². The number of aliphatic hydroxyl groups excluding tert-OH is 1. The van der Waals surface area contributed by atoms with Crippen molar-refractivity contribution >= 4 is 15.5 Å². The van der Waals surface area contributed by atoms with E-state index in [4.69, 9.17) is 9.84 Å². The van der Waals surface area contributed by atoms with Crippen LogP contribution in [-0.4, -0.2) is 45.6 Å². The smallest absolute Gasteiger partial charge is 0.180 e. The Bertz CT molecular complexity index is 473. The van der Waals surface area contributed by atoms with Crippen molar-refractivity contribution in [3.05, 3.63) is 24.3 Å². The van der Waals surface area contributed by atoms with Gasteiger partial charge in [0.2, 0.25) is 0 Å². The zero-order chi connectivity index (χ0) is 14.1. The van der Waals surface area contributed by atoms with Crippen LogP contribution in [0.4, 0.5) is 5.69 Å². The third-order valence-corrected chi connectivity index (χ3v) is 4.46. The molecule has 1 aromatic rings. The van der Waals surface area contributed by atoms with Crippen molar-refractivity contribution in [2.24, 2.45) is 0 Å². The summed E-state index contributed by atoms with van der Waals surface area (Å²) in [5.74, 6) is 0.146. The molecule has 0 unspecified atom stereocenters. The summed E-state index contributed by atoms with van der Waals surface area (Å²) in [5.41, 5.74) is 0.601. The average molecular weight is 287 g/mol. The highest BCUT2D eigenvalue weighted by Gasteiger charge is 2.16. The molecule has 0 atom stereocenters. The van der Waals surface area contributed by atoms with E-state index in [0.29, 0.717) is 30.2 Å². The quantitative estimate of drug-likeness (QED) is 0.669. The fourth-order valence-electron chi connectivity index (χ4n) is 1.69. The standard InChI is InChI=1S/C13H21NO4S/c1-2-11-19(16,17)13-6-4-3-5-12(13)14-7-9-18-10-8-15/h3-6,14-15H,2,7-11H2,1H3. The van der Waals surface area contributed by atoms with Gasteiger partial charge in [-0.3, -0.25) is 0 Å². The van der Waals surface area contributed by atoms with Crippen molar-refractivity contribution < 1.29 is 18.3 Å². The van der Waals surface area contributed by atoms with Gasteiger partial charge in [0.15, 0.2) is 9.84 Å². The lowest BCUT2D eigenvalue weighted by molar-refractivity contribution is 0.0992. The number of aliphatic hydroxyl groups is 1. The first-order chi connectivity index (χ1) is 9.11. The van der Waals surface area contributed by atoms with Gasteiger partial charge in [-0.15, -0.1) is 0 Å². The van der Waals surface area contributed by atoms with Crippen LogP contribution in [0, 0.1) is 0 Å². The molecule has 6 heteroatoms. The summed E-state index contributed by atoms with van der Waals surface area (Å²) in [5, 5.41) is 11.6. The van der Waals surface area contributed by atoms with Crippen molar-refractivity contribution in [1.82, 2.24) is 0 Å². The van der Waals surface area contributed by atoms with E-state index in [1.165, 1.54) is 0 Å². The third kappa shape index (κ3) is 5.18. The molecule has 0 bridgehead atoms. The van der Waals surface area contributed by atoms with Gasteiger partial charge < -0.3 is 15.2 Å². The number of hydrogen-bond donors (Lipinski definition) is 2. The van der Waals surface area contributed by atoms with Crippen LogP contribution in [0.25, 0.3) is 0 Å². The van der Waals surface area contributed by atoms with Crippen LogP contribution in [0.5, 0.6) is 0 Å². The second-order valence-corrected chi connectivity index (χ2v) is 6.16. The van der Waals surface area contributed by atoms with Gasteiger partial charge in [0.25, 0.3) is 0 Å². The highest BCUT2D eigenvalue weighted by atomic mass is 32.2. The normalized spacial score (nSPS) is 11.5. The van der Waals surface area contributed by atoms with Crippen LogP contribution in [-0.2, 0) is 14.6 Å². The maximum atomic E-state index is 12.1. The van der Waals surface area contributed by atoms with Crippen LogP contribution in [0.15, 0.2) is 29.2 Å². The number of rotatable bonds is 9. The minimum absolute atomic E-state index is 0.0124. The Morgan fingerprint density at radius 3 is 2.68 bits per heavy atom. The minimum Gasteiger partial charge on any atom is -0.394 e. The molecule has 0 aliphatic carbocycles. The maximum absolute atomic E-state index is 12.1. The van der Waals surface area contributed by atoms with E-state index in [9.17, 15) is 8.42 Å². The highest BCUT2D eigenvalue weighted by Crippen LogP contribution is 2.22. The SMILES string of the molecule is CCCS(=O)(=O)c1ccccc1NCCOCCO. The molecular formula is C13H21NO4S. The molecule has 0 heterocycles. The summed E-state index contributed by atoms with van der Waals surface area (Å²) in [4.78, 5) is 0.332. The molecule has 19 heavy (non-hydrogen) atoms. The van der Waals surface area contributed by atoms with Crippen molar-refractivity contribution in [2.45, 2.75) is 18.2 Å². The number of nitrogens with one attached hydrogen (secondary N) is 1. The van der Waals surface area contributed by atoms with Crippen LogP contribution in [0.1, 0.15) is 13.3 Å². The predicted octanol–water partition coefficient (Wildman–Crippen LogP) is 1.29. The molecule has 108 valence electrons. The molecule has 0 saturated heterocycles. The van der Waals surface area contributed by atoms with Crippen molar-refractivity contribution in [1.29, 1.82) is 0 Å². The summed E-state index contributed by atoms with van der Waals surface area (Å²) >= 11 is 0. The van der Waals surface area contributed by atoms with Crippen molar-refractivity contribution in [3.8, 4) is 0 Å². The lowest BCUT2D eigenvalue weighted by Gasteiger charge is -2.12. The van der Waals surface area contributed by atoms with Gasteiger partial charge >= 0.3 is 0 Å². The number of sulfone groups is 1. The number of para-hydroxylation sites is 1. The molecule has 0 saturated carbocycles. The molecule has 1 aromatic carbocycles. The number of ether oxygens (including phenoxy) is 1. The monoisotopic (exact) mass is 287 g/mol. The number of hydrogen-bond acceptors (Lipinski definition) is 5. The van der Waals surface area contributed by atoms with E-state index in [1.54, 1.807) is 24.3 Å². The van der Waals surface area contributed by atoms with E-state index in [1.807, 2.05) is 6.92 Å². The third-order valence-electron chi connectivity index (χ3n) is 2.49. The topological polar surface area (TPSA) is 75.6 Å². The first kappa shape index (κ1) is 15.9. The highest BCUT2D eigenvalue weighted by molar-refractivity contribution is 7.91. The van der Waals surface area contributed by atoms with Crippen LogP contribution < -0.4 is 5.32 Å². The Labute approximate surface area is 114 Å². The van der Waals surface area contributed by atoms with Gasteiger partial charge in [-0.25, -0.2) is 8.42 Å². The molecule has 0 aliphatic heterocycles. The van der Waals surface area contributed by atoms with Crippen LogP contribution >= 0.6 is 0 Å². The predicted molar refractivity (Wildman–Crippen MR) is 75.2 cm³/mol. The van der Waals surface area contributed by atoms with Gasteiger partial charge in [-0.2, -0.15) is 0 Å². The van der Waals surface area contributed by atoms with E-state index >= 15 is 0 Å². The lowest BCUT2D eigenvalue weighted by Crippen LogP contribution is -2.14. The number of benzene rings is 1. The maximum Gasteiger partial charge on any atom is 0.180 e. The first-order valence-electron chi connectivity index (χ1n) is 6.36. The van der Waals surface area contributed by atoms with Gasteiger partial charge in [0, 0.05) is 6.54 Å². The zero-order valence-electron chi connectivity index (χ0n) is 11.1. The number of anilines is 1. The Balaban J connectivity index is 2.68. The largest absolute Gasteiger partial charge is 0.394 e. The van der Waals surface area contributed by atoms with Gasteiger partial charge in [-0.05, 0) is 18.6 Å². The van der Waals surface area contributed by atoms with E-state index < -0.39 is 9.84 Å². The molecule has 0 spiro atoms. The Morgan fingerprint density at radius 2 is 2.00 bits per heavy atom. The fraction of sp³-hybridized carbons (Fsp3) is 0.538. The second kappa shape index (κ2) is 8.14. The van der Waals surface area contributed by atoms with Crippen molar-refractivity contribution in [3.63, 3.8) is 0 Å². The molecule has 5 nitrogen and oxygen atoms in total. The Hall–Kier alpha value is -1.11. The minimum atomic E-state index is -3.23. The molecule has 2 N–H and O–H groups in total. The summed E-state index contributed by atoms with van der Waals surface area (Å²) in [6.45, 7) is 3.04. The Kier molecular flexibility index (Phi) is 6.83. The Morgan fingerprint density at radius 1 is 1.26 bits per heavy atom. The summed E-state index contributed by atoms with van der Waals surface area (Å²) in [6.07, 6.45) is 0.594. The lowest BCUT2D eigenvalue weighted by atomic mass is 10.3. The summed E-state index contributed by atoms with van der Waals surface area (Å²) in [6, 6.07) is 6.87. The molecule has 0 aromatic heterocycles. The molecule has 0 amide bonds. The second-order valence-electron chi connectivity index (χ2n) is 4.08. The summed E-state index contributed by atoms with van der Waals surface area (Å²) < 4.78 is 29.3. The van der Waals surface area contributed by atoms with E-state index in [0.717, 1.165) is 0 Å². The van der Waals surface area contributed by atoms with Gasteiger partial charge in [0.1, 0.15) is 0 Å². The molecular weight excluding hydrogens is 266 g/mol. The zero-order valence-corrected chi connectivity index (χ0v) is 11.9.